The van der Waals surface area contributed by atoms with E-state index in [2.05, 4.69) is 24.9 Å². The zero-order chi connectivity index (χ0) is 21.7. The van der Waals surface area contributed by atoms with E-state index in [0.717, 1.165) is 0 Å². The first kappa shape index (κ1) is 21.3. The molecule has 0 fully saturated rings. The van der Waals surface area contributed by atoms with Crippen molar-refractivity contribution < 1.29 is 18.6 Å². The number of benzene rings is 1. The third-order valence-electron chi connectivity index (χ3n) is 4.21. The number of pyridine rings is 2. The van der Waals surface area contributed by atoms with Crippen molar-refractivity contribution in [2.45, 2.75) is 25.0 Å². The number of sulfonamides is 1. The molecule has 3 rings (SSSR count). The third-order valence-corrected chi connectivity index (χ3v) is 5.58. The van der Waals surface area contributed by atoms with Gasteiger partial charge in [0.2, 0.25) is 0 Å². The molecule has 0 unspecified atom stereocenters. The highest BCUT2D eigenvalue weighted by molar-refractivity contribution is 7.92. The van der Waals surface area contributed by atoms with Crippen LogP contribution in [0.2, 0.25) is 0 Å². The lowest BCUT2D eigenvalue weighted by molar-refractivity contribution is 0.279. The van der Waals surface area contributed by atoms with Crippen molar-refractivity contribution in [3.8, 4) is 5.75 Å². The average Bonchev–Trinajstić information content (AvgIpc) is 2.74. The standard InChI is InChI=1S/C19H20N6O4S/c1-12-18(27)15(10-20)16(11-26)19(22-12)24-23-13-5-7-14(8-6-13)30(28,29)25-17-4-2-3-9-21-17/h2-9,26-27H,10-11,20H2,1H3,(H,21,25). The molecule has 0 amide bonds. The molecule has 0 saturated carbocycles. The quantitative estimate of drug-likeness (QED) is 0.420. The fraction of sp³-hybridized carbons (Fsp3) is 0.158. The number of nitrogens with one attached hydrogen (secondary N) is 1. The lowest BCUT2D eigenvalue weighted by atomic mass is 10.1. The Balaban J connectivity index is 1.84. The van der Waals surface area contributed by atoms with Crippen LogP contribution >= 0.6 is 0 Å². The van der Waals surface area contributed by atoms with Crippen LogP contribution < -0.4 is 10.5 Å². The van der Waals surface area contributed by atoms with Crippen LogP contribution in [0.3, 0.4) is 0 Å². The van der Waals surface area contributed by atoms with Crippen molar-refractivity contribution in [1.29, 1.82) is 0 Å². The molecule has 0 aliphatic heterocycles. The van der Waals surface area contributed by atoms with Gasteiger partial charge in [0.1, 0.15) is 11.6 Å². The second-order valence-corrected chi connectivity index (χ2v) is 7.89. The number of aryl methyl sites for hydroxylation is 1. The SMILES string of the molecule is Cc1nc(N=Nc2ccc(S(=O)(=O)Nc3ccccn3)cc2)c(CO)c(CN)c1O. The Morgan fingerprint density at radius 2 is 1.83 bits per heavy atom. The molecule has 2 aromatic heterocycles. The summed E-state index contributed by atoms with van der Waals surface area (Å²) in [4.78, 5) is 8.10. The Morgan fingerprint density at radius 3 is 2.43 bits per heavy atom. The first-order valence-corrected chi connectivity index (χ1v) is 10.3. The van der Waals surface area contributed by atoms with E-state index in [-0.39, 0.29) is 34.4 Å². The fourth-order valence-corrected chi connectivity index (χ4v) is 3.67. The van der Waals surface area contributed by atoms with Crippen LogP contribution in [-0.4, -0.2) is 28.6 Å². The van der Waals surface area contributed by atoms with Gasteiger partial charge in [-0.25, -0.2) is 18.4 Å². The Kier molecular flexibility index (Phi) is 6.35. The summed E-state index contributed by atoms with van der Waals surface area (Å²) in [5, 5.41) is 27.7. The maximum atomic E-state index is 12.4. The fourth-order valence-electron chi connectivity index (χ4n) is 2.66. The zero-order valence-electron chi connectivity index (χ0n) is 16.0. The van der Waals surface area contributed by atoms with Crippen LogP contribution in [0.4, 0.5) is 17.3 Å². The highest BCUT2D eigenvalue weighted by Crippen LogP contribution is 2.31. The Labute approximate surface area is 173 Å². The van der Waals surface area contributed by atoms with Gasteiger partial charge in [-0.1, -0.05) is 6.07 Å². The van der Waals surface area contributed by atoms with Crippen molar-refractivity contribution in [3.63, 3.8) is 0 Å². The molecule has 0 aliphatic carbocycles. The second kappa shape index (κ2) is 8.95. The van der Waals surface area contributed by atoms with Crippen molar-refractivity contribution in [1.82, 2.24) is 9.97 Å². The topological polar surface area (TPSA) is 163 Å². The van der Waals surface area contributed by atoms with Gasteiger partial charge in [0, 0.05) is 23.9 Å². The number of hydrogen-bond acceptors (Lipinski definition) is 9. The van der Waals surface area contributed by atoms with Gasteiger partial charge in [-0.05, 0) is 43.3 Å². The normalized spacial score (nSPS) is 11.7. The van der Waals surface area contributed by atoms with Crippen LogP contribution in [0.5, 0.6) is 5.75 Å². The Hall–Kier alpha value is -3.41. The summed E-state index contributed by atoms with van der Waals surface area (Å²) in [6.07, 6.45) is 1.48. The van der Waals surface area contributed by atoms with Crippen LogP contribution in [0.25, 0.3) is 0 Å². The largest absolute Gasteiger partial charge is 0.506 e. The predicted molar refractivity (Wildman–Crippen MR) is 110 cm³/mol. The van der Waals surface area contributed by atoms with E-state index >= 15 is 0 Å². The first-order chi connectivity index (χ1) is 14.4. The zero-order valence-corrected chi connectivity index (χ0v) is 16.8. The van der Waals surface area contributed by atoms with Crippen molar-refractivity contribution in [3.05, 3.63) is 65.5 Å². The minimum Gasteiger partial charge on any atom is -0.506 e. The molecule has 0 saturated heterocycles. The van der Waals surface area contributed by atoms with Crippen LogP contribution in [0.1, 0.15) is 16.8 Å². The van der Waals surface area contributed by atoms with Gasteiger partial charge in [0.15, 0.2) is 5.82 Å². The van der Waals surface area contributed by atoms with Crippen molar-refractivity contribution in [2.75, 3.05) is 4.72 Å². The van der Waals surface area contributed by atoms with Gasteiger partial charge in [-0.15, -0.1) is 10.2 Å². The molecule has 0 aliphatic rings. The van der Waals surface area contributed by atoms with Crippen LogP contribution in [0, 0.1) is 6.92 Å². The molecule has 1 aromatic carbocycles. The van der Waals surface area contributed by atoms with E-state index in [9.17, 15) is 18.6 Å². The second-order valence-electron chi connectivity index (χ2n) is 6.20. The molecule has 0 atom stereocenters. The Morgan fingerprint density at radius 1 is 1.10 bits per heavy atom. The molecule has 30 heavy (non-hydrogen) atoms. The van der Waals surface area contributed by atoms with Gasteiger partial charge in [-0.3, -0.25) is 4.72 Å². The maximum absolute atomic E-state index is 12.4. The summed E-state index contributed by atoms with van der Waals surface area (Å²) in [5.41, 5.74) is 6.96. The third kappa shape index (κ3) is 4.59. The van der Waals surface area contributed by atoms with E-state index in [1.807, 2.05) is 0 Å². The number of anilines is 1. The number of aliphatic hydroxyl groups is 1. The minimum atomic E-state index is -3.80. The lowest BCUT2D eigenvalue weighted by Gasteiger charge is -2.11. The van der Waals surface area contributed by atoms with Crippen LogP contribution in [-0.2, 0) is 23.2 Å². The maximum Gasteiger partial charge on any atom is 0.263 e. The van der Waals surface area contributed by atoms with Gasteiger partial charge < -0.3 is 15.9 Å². The number of aliphatic hydroxyl groups excluding tert-OH is 1. The van der Waals surface area contributed by atoms with E-state index in [1.165, 1.54) is 30.5 Å². The summed E-state index contributed by atoms with van der Waals surface area (Å²) in [5.74, 6) is 0.250. The van der Waals surface area contributed by atoms with E-state index < -0.39 is 16.6 Å². The monoisotopic (exact) mass is 428 g/mol. The summed E-state index contributed by atoms with van der Waals surface area (Å²) < 4.78 is 27.3. The van der Waals surface area contributed by atoms with Gasteiger partial charge in [-0.2, -0.15) is 0 Å². The molecule has 0 bridgehead atoms. The van der Waals surface area contributed by atoms with Gasteiger partial charge in [0.25, 0.3) is 10.0 Å². The Bertz CT molecular complexity index is 1170. The van der Waals surface area contributed by atoms with Crippen LogP contribution in [0.15, 0.2) is 63.8 Å². The summed E-state index contributed by atoms with van der Waals surface area (Å²) >= 11 is 0. The van der Waals surface area contributed by atoms with Crippen molar-refractivity contribution in [2.24, 2.45) is 16.0 Å². The molecule has 11 heteroatoms. The van der Waals surface area contributed by atoms with Crippen molar-refractivity contribution >= 4 is 27.3 Å². The predicted octanol–water partition coefficient (Wildman–Crippen LogP) is 2.66. The minimum absolute atomic E-state index is 0.00341. The average molecular weight is 428 g/mol. The highest BCUT2D eigenvalue weighted by atomic mass is 32.2. The number of nitrogens with two attached hydrogens (primary N) is 1. The number of aromatic hydroxyl groups is 1. The summed E-state index contributed by atoms with van der Waals surface area (Å²) in [7, 11) is -3.80. The molecule has 3 aromatic rings. The van der Waals surface area contributed by atoms with E-state index in [4.69, 9.17) is 5.73 Å². The summed E-state index contributed by atoms with van der Waals surface area (Å²) in [6.45, 7) is 1.17. The highest BCUT2D eigenvalue weighted by Gasteiger charge is 2.16. The molecular formula is C19H20N6O4S. The van der Waals surface area contributed by atoms with Gasteiger partial charge >= 0.3 is 0 Å². The molecule has 2 heterocycles. The van der Waals surface area contributed by atoms with Gasteiger partial charge in [0.05, 0.1) is 22.9 Å². The first-order valence-electron chi connectivity index (χ1n) is 8.83. The number of hydrogen-bond donors (Lipinski definition) is 4. The number of nitrogens with zero attached hydrogens (tertiary/aromatic N) is 4. The number of rotatable bonds is 7. The molecule has 0 radical (unpaired) electrons. The smallest absolute Gasteiger partial charge is 0.263 e. The number of azo groups is 1. The molecule has 10 nitrogen and oxygen atoms in total. The molecule has 0 spiro atoms. The molecule has 156 valence electrons. The van der Waals surface area contributed by atoms with E-state index in [1.54, 1.807) is 25.1 Å². The summed E-state index contributed by atoms with van der Waals surface area (Å²) in [6, 6.07) is 10.6. The molecule has 5 N–H and O–H groups in total. The van der Waals surface area contributed by atoms with E-state index in [0.29, 0.717) is 16.9 Å². The number of aromatic nitrogens is 2. The molecular weight excluding hydrogens is 408 g/mol. The lowest BCUT2D eigenvalue weighted by Crippen LogP contribution is -2.13.